The van der Waals surface area contributed by atoms with E-state index in [1.165, 1.54) is 12.1 Å². The van der Waals surface area contributed by atoms with Crippen LogP contribution in [0.25, 0.3) is 0 Å². The first-order valence-electron chi connectivity index (χ1n) is 5.39. The summed E-state index contributed by atoms with van der Waals surface area (Å²) in [5, 5.41) is 3.23. The van der Waals surface area contributed by atoms with Crippen LogP contribution in [0.1, 0.15) is 19.4 Å². The average molecular weight is 223 g/mol. The maximum Gasteiger partial charge on any atom is 0.124 e. The van der Waals surface area contributed by atoms with Crippen molar-refractivity contribution in [2.75, 3.05) is 6.61 Å². The molecule has 16 heavy (non-hydrogen) atoms. The second-order valence-electron chi connectivity index (χ2n) is 3.89. The zero-order valence-electron chi connectivity index (χ0n) is 9.79. The van der Waals surface area contributed by atoms with E-state index in [1.54, 1.807) is 12.1 Å². The van der Waals surface area contributed by atoms with Crippen LogP contribution in [-0.4, -0.2) is 12.6 Å². The van der Waals surface area contributed by atoms with Gasteiger partial charge >= 0.3 is 0 Å². The molecule has 0 unspecified atom stereocenters. The summed E-state index contributed by atoms with van der Waals surface area (Å²) >= 11 is 0. The van der Waals surface area contributed by atoms with Crippen molar-refractivity contribution in [2.45, 2.75) is 26.4 Å². The monoisotopic (exact) mass is 223 g/mol. The maximum atomic E-state index is 13.1. The van der Waals surface area contributed by atoms with Gasteiger partial charge in [0.05, 0.1) is 0 Å². The van der Waals surface area contributed by atoms with Crippen molar-refractivity contribution in [3.63, 3.8) is 0 Å². The van der Waals surface area contributed by atoms with E-state index in [0.29, 0.717) is 24.9 Å². The summed E-state index contributed by atoms with van der Waals surface area (Å²) in [6, 6.07) is 4.90. The molecule has 0 amide bonds. The number of hydrogen-bond acceptors (Lipinski definition) is 2. The Hall–Kier alpha value is -1.35. The molecule has 0 atom stereocenters. The molecule has 0 aliphatic carbocycles. The zero-order chi connectivity index (χ0) is 12.0. The lowest BCUT2D eigenvalue weighted by atomic mass is 10.2. The minimum absolute atomic E-state index is 0.244. The summed E-state index contributed by atoms with van der Waals surface area (Å²) in [7, 11) is 0. The van der Waals surface area contributed by atoms with Gasteiger partial charge in [0.1, 0.15) is 18.2 Å². The quantitative estimate of drug-likeness (QED) is 0.749. The summed E-state index contributed by atoms with van der Waals surface area (Å²) in [4.78, 5) is 0. The highest BCUT2D eigenvalue weighted by Gasteiger charge is 2.05. The van der Waals surface area contributed by atoms with Crippen molar-refractivity contribution in [1.82, 2.24) is 5.32 Å². The second kappa shape index (κ2) is 6.28. The minimum atomic E-state index is -0.244. The molecule has 1 aromatic rings. The van der Waals surface area contributed by atoms with Gasteiger partial charge in [-0.1, -0.05) is 26.5 Å². The molecule has 0 aliphatic heterocycles. The Morgan fingerprint density at radius 1 is 1.50 bits per heavy atom. The van der Waals surface area contributed by atoms with E-state index in [0.717, 1.165) is 5.56 Å². The van der Waals surface area contributed by atoms with Gasteiger partial charge in [0.15, 0.2) is 0 Å². The lowest BCUT2D eigenvalue weighted by molar-refractivity contribution is 0.356. The molecule has 0 saturated carbocycles. The Kier molecular flexibility index (Phi) is 4.99. The lowest BCUT2D eigenvalue weighted by Gasteiger charge is -2.13. The molecule has 2 nitrogen and oxygen atoms in total. The molecule has 1 aromatic carbocycles. The van der Waals surface area contributed by atoms with Gasteiger partial charge in [-0.25, -0.2) is 4.39 Å². The summed E-state index contributed by atoms with van der Waals surface area (Å²) in [6.45, 7) is 8.70. The van der Waals surface area contributed by atoms with E-state index in [2.05, 4.69) is 11.9 Å². The number of hydrogen-bond donors (Lipinski definition) is 1. The first-order valence-corrected chi connectivity index (χ1v) is 5.39. The average Bonchev–Trinajstić information content (AvgIpc) is 2.25. The van der Waals surface area contributed by atoms with E-state index in [-0.39, 0.29) is 5.82 Å². The third-order valence-corrected chi connectivity index (χ3v) is 2.08. The van der Waals surface area contributed by atoms with Crippen LogP contribution >= 0.6 is 0 Å². The molecule has 0 heterocycles. The summed E-state index contributed by atoms with van der Waals surface area (Å²) in [5.74, 6) is 0.459. The maximum absolute atomic E-state index is 13.1. The van der Waals surface area contributed by atoms with Crippen molar-refractivity contribution < 1.29 is 9.13 Å². The Balaban J connectivity index is 2.76. The molecule has 0 radical (unpaired) electrons. The van der Waals surface area contributed by atoms with Crippen molar-refractivity contribution >= 4 is 0 Å². The van der Waals surface area contributed by atoms with Crippen molar-refractivity contribution in [3.8, 4) is 5.75 Å². The highest BCUT2D eigenvalue weighted by Crippen LogP contribution is 2.19. The van der Waals surface area contributed by atoms with Gasteiger partial charge in [-0.05, 0) is 18.2 Å². The van der Waals surface area contributed by atoms with Crippen LogP contribution in [0.2, 0.25) is 0 Å². The number of ether oxygens (including phenoxy) is 1. The third-order valence-electron chi connectivity index (χ3n) is 2.08. The molecule has 0 fully saturated rings. The highest BCUT2D eigenvalue weighted by atomic mass is 19.1. The lowest BCUT2D eigenvalue weighted by Crippen LogP contribution is -2.22. The van der Waals surface area contributed by atoms with Crippen LogP contribution in [0.5, 0.6) is 5.75 Å². The van der Waals surface area contributed by atoms with Crippen LogP contribution in [0.15, 0.2) is 30.9 Å². The zero-order valence-corrected chi connectivity index (χ0v) is 9.79. The summed E-state index contributed by atoms with van der Waals surface area (Å²) in [6.07, 6.45) is 1.67. The van der Waals surface area contributed by atoms with Crippen molar-refractivity contribution in [2.24, 2.45) is 0 Å². The molecule has 3 heteroatoms. The molecular formula is C13H18FNO. The normalized spacial score (nSPS) is 10.5. The smallest absolute Gasteiger partial charge is 0.124 e. The van der Waals surface area contributed by atoms with Gasteiger partial charge in [0, 0.05) is 18.2 Å². The predicted octanol–water partition coefficient (Wildman–Crippen LogP) is 2.89. The number of nitrogens with one attached hydrogen (secondary N) is 1. The molecule has 1 N–H and O–H groups in total. The topological polar surface area (TPSA) is 21.3 Å². The first kappa shape index (κ1) is 12.7. The fourth-order valence-electron chi connectivity index (χ4n) is 1.29. The molecule has 0 aliphatic rings. The van der Waals surface area contributed by atoms with E-state index in [9.17, 15) is 4.39 Å². The molecule has 0 saturated heterocycles. The minimum Gasteiger partial charge on any atom is -0.489 e. The summed E-state index contributed by atoms with van der Waals surface area (Å²) < 4.78 is 18.5. The van der Waals surface area contributed by atoms with Gasteiger partial charge in [-0.2, -0.15) is 0 Å². The van der Waals surface area contributed by atoms with Crippen molar-refractivity contribution in [1.29, 1.82) is 0 Å². The summed E-state index contributed by atoms with van der Waals surface area (Å²) in [5.41, 5.74) is 0.829. The van der Waals surface area contributed by atoms with Crippen LogP contribution in [0.4, 0.5) is 4.39 Å². The van der Waals surface area contributed by atoms with E-state index in [1.807, 2.05) is 13.8 Å². The molecule has 0 bridgehead atoms. The van der Waals surface area contributed by atoms with Gasteiger partial charge in [-0.15, -0.1) is 0 Å². The van der Waals surface area contributed by atoms with Gasteiger partial charge in [0.25, 0.3) is 0 Å². The standard InChI is InChI=1S/C13H18FNO/c1-4-7-16-13-6-5-12(14)8-11(13)9-15-10(2)3/h4-6,8,10,15H,1,7,9H2,2-3H3. The van der Waals surface area contributed by atoms with Crippen LogP contribution in [0, 0.1) is 5.82 Å². The number of halogens is 1. The largest absolute Gasteiger partial charge is 0.489 e. The molecule has 0 aromatic heterocycles. The molecule has 1 rings (SSSR count). The fourth-order valence-corrected chi connectivity index (χ4v) is 1.29. The van der Waals surface area contributed by atoms with E-state index >= 15 is 0 Å². The van der Waals surface area contributed by atoms with E-state index in [4.69, 9.17) is 4.74 Å². The number of benzene rings is 1. The Bertz CT molecular complexity index is 350. The molecular weight excluding hydrogens is 205 g/mol. The third kappa shape index (κ3) is 4.03. The highest BCUT2D eigenvalue weighted by molar-refractivity contribution is 5.34. The Morgan fingerprint density at radius 2 is 2.25 bits per heavy atom. The Morgan fingerprint density at radius 3 is 2.88 bits per heavy atom. The fraction of sp³-hybridized carbons (Fsp3) is 0.385. The molecule has 88 valence electrons. The van der Waals surface area contributed by atoms with Crippen LogP contribution in [0.3, 0.4) is 0 Å². The first-order chi connectivity index (χ1) is 7.63. The Labute approximate surface area is 96.1 Å². The number of rotatable bonds is 6. The molecule has 0 spiro atoms. The van der Waals surface area contributed by atoms with Crippen LogP contribution in [-0.2, 0) is 6.54 Å². The van der Waals surface area contributed by atoms with Crippen LogP contribution < -0.4 is 10.1 Å². The predicted molar refractivity (Wildman–Crippen MR) is 64.1 cm³/mol. The SMILES string of the molecule is C=CCOc1ccc(F)cc1CNC(C)C. The van der Waals surface area contributed by atoms with Crippen molar-refractivity contribution in [3.05, 3.63) is 42.2 Å². The van der Waals surface area contributed by atoms with Gasteiger partial charge < -0.3 is 10.1 Å². The van der Waals surface area contributed by atoms with E-state index < -0.39 is 0 Å². The second-order valence-corrected chi connectivity index (χ2v) is 3.89. The van der Waals surface area contributed by atoms with Gasteiger partial charge in [0.2, 0.25) is 0 Å². The van der Waals surface area contributed by atoms with Gasteiger partial charge in [-0.3, -0.25) is 0 Å².